The first-order valence-corrected chi connectivity index (χ1v) is 9.67. The van der Waals surface area contributed by atoms with Gasteiger partial charge in [-0.25, -0.2) is 4.98 Å². The predicted molar refractivity (Wildman–Crippen MR) is 118 cm³/mol. The van der Waals surface area contributed by atoms with Crippen LogP contribution in [0.25, 0.3) is 5.52 Å². The molecule has 0 radical (unpaired) electrons. The lowest BCUT2D eigenvalue weighted by Gasteiger charge is -2.09. The van der Waals surface area contributed by atoms with E-state index in [0.29, 0.717) is 11.2 Å². The molecule has 2 amide bonds. The summed E-state index contributed by atoms with van der Waals surface area (Å²) in [6.45, 7) is 5.87. The van der Waals surface area contributed by atoms with Gasteiger partial charge >= 0.3 is 0 Å². The summed E-state index contributed by atoms with van der Waals surface area (Å²) < 4.78 is 1.63. The Labute approximate surface area is 174 Å². The standard InChI is InChI=1S/C24H22N4O2/c1-15-10-8-12-19(17(15)3)26-23(29)21-20-13-6-7-14-28(20)22(27-21)24(30)25-18-11-5-4-9-16(18)2/h4-14H,1-3H3,(H,25,30)(H,26,29). The molecule has 2 N–H and O–H groups in total. The number of nitrogens with one attached hydrogen (secondary N) is 2. The summed E-state index contributed by atoms with van der Waals surface area (Å²) in [7, 11) is 0. The quantitative estimate of drug-likeness (QED) is 0.520. The number of rotatable bonds is 4. The molecule has 0 aliphatic heterocycles. The summed E-state index contributed by atoms with van der Waals surface area (Å²) >= 11 is 0. The van der Waals surface area contributed by atoms with Crippen LogP contribution in [-0.2, 0) is 0 Å². The minimum Gasteiger partial charge on any atom is -0.320 e. The fourth-order valence-electron chi connectivity index (χ4n) is 3.32. The van der Waals surface area contributed by atoms with E-state index in [4.69, 9.17) is 0 Å². The van der Waals surface area contributed by atoms with E-state index in [2.05, 4.69) is 15.6 Å². The van der Waals surface area contributed by atoms with Gasteiger partial charge in [0.15, 0.2) is 5.69 Å². The molecule has 0 aliphatic rings. The van der Waals surface area contributed by atoms with Gasteiger partial charge in [-0.2, -0.15) is 0 Å². The number of amides is 2. The van der Waals surface area contributed by atoms with Crippen molar-refractivity contribution in [1.82, 2.24) is 9.38 Å². The Kier molecular flexibility index (Phi) is 5.06. The van der Waals surface area contributed by atoms with Gasteiger partial charge in [0.1, 0.15) is 0 Å². The number of hydrogen-bond acceptors (Lipinski definition) is 3. The topological polar surface area (TPSA) is 75.5 Å². The van der Waals surface area contributed by atoms with E-state index in [1.54, 1.807) is 22.7 Å². The first-order valence-electron chi connectivity index (χ1n) is 9.67. The van der Waals surface area contributed by atoms with E-state index < -0.39 is 0 Å². The van der Waals surface area contributed by atoms with Gasteiger partial charge in [-0.1, -0.05) is 36.4 Å². The van der Waals surface area contributed by atoms with Crippen LogP contribution in [0, 0.1) is 20.8 Å². The van der Waals surface area contributed by atoms with Gasteiger partial charge < -0.3 is 10.6 Å². The average Bonchev–Trinajstić information content (AvgIpc) is 3.13. The minimum atomic E-state index is -0.378. The molecule has 0 aliphatic carbocycles. The number of benzene rings is 2. The van der Waals surface area contributed by atoms with Crippen LogP contribution in [0.5, 0.6) is 0 Å². The van der Waals surface area contributed by atoms with Crippen molar-refractivity contribution in [3.63, 3.8) is 0 Å². The summed E-state index contributed by atoms with van der Waals surface area (Å²) in [5, 5.41) is 5.81. The van der Waals surface area contributed by atoms with Gasteiger partial charge in [0.2, 0.25) is 5.82 Å². The molecule has 2 heterocycles. The number of carbonyl (C=O) groups excluding carboxylic acids is 2. The Morgan fingerprint density at radius 2 is 1.43 bits per heavy atom. The minimum absolute atomic E-state index is 0.153. The van der Waals surface area contributed by atoms with Crippen LogP contribution in [0.1, 0.15) is 37.8 Å². The summed E-state index contributed by atoms with van der Waals surface area (Å²) in [4.78, 5) is 30.4. The number of hydrogen-bond donors (Lipinski definition) is 2. The highest BCUT2D eigenvalue weighted by Gasteiger charge is 2.22. The number of pyridine rings is 1. The van der Waals surface area contributed by atoms with E-state index in [1.165, 1.54) is 0 Å². The van der Waals surface area contributed by atoms with Crippen LogP contribution >= 0.6 is 0 Å². The van der Waals surface area contributed by atoms with Crippen molar-refractivity contribution in [2.75, 3.05) is 10.6 Å². The van der Waals surface area contributed by atoms with Crippen molar-refractivity contribution in [2.45, 2.75) is 20.8 Å². The molecule has 0 bridgehead atoms. The molecule has 150 valence electrons. The Morgan fingerprint density at radius 1 is 0.767 bits per heavy atom. The molecule has 30 heavy (non-hydrogen) atoms. The molecule has 4 rings (SSSR count). The van der Waals surface area contributed by atoms with Crippen LogP contribution in [-0.4, -0.2) is 21.2 Å². The number of anilines is 2. The van der Waals surface area contributed by atoms with E-state index in [1.807, 2.05) is 69.3 Å². The smallest absolute Gasteiger partial charge is 0.292 e. The van der Waals surface area contributed by atoms with Crippen LogP contribution in [0.3, 0.4) is 0 Å². The van der Waals surface area contributed by atoms with E-state index in [-0.39, 0.29) is 23.3 Å². The van der Waals surface area contributed by atoms with Gasteiger partial charge in [-0.15, -0.1) is 0 Å². The number of fused-ring (bicyclic) bond motifs is 1. The molecule has 2 aromatic carbocycles. The maximum Gasteiger partial charge on any atom is 0.292 e. The third-order valence-electron chi connectivity index (χ3n) is 5.21. The Balaban J connectivity index is 1.70. The summed E-state index contributed by atoms with van der Waals surface area (Å²) in [5.74, 6) is -0.585. The molecule has 2 aromatic heterocycles. The fraction of sp³-hybridized carbons (Fsp3) is 0.125. The van der Waals surface area contributed by atoms with Crippen LogP contribution in [0.4, 0.5) is 11.4 Å². The molecule has 0 saturated carbocycles. The first kappa shape index (κ1) is 19.4. The molecule has 0 fully saturated rings. The second-order valence-electron chi connectivity index (χ2n) is 7.21. The Bertz CT molecular complexity index is 1270. The van der Waals surface area contributed by atoms with Crippen molar-refractivity contribution in [3.8, 4) is 0 Å². The number of para-hydroxylation sites is 1. The number of nitrogens with zero attached hydrogens (tertiary/aromatic N) is 2. The monoisotopic (exact) mass is 398 g/mol. The fourth-order valence-corrected chi connectivity index (χ4v) is 3.32. The van der Waals surface area contributed by atoms with Crippen molar-refractivity contribution in [1.29, 1.82) is 0 Å². The molecule has 4 aromatic rings. The second kappa shape index (κ2) is 7.83. The Morgan fingerprint density at radius 3 is 2.23 bits per heavy atom. The zero-order valence-corrected chi connectivity index (χ0v) is 17.1. The zero-order chi connectivity index (χ0) is 21.3. The predicted octanol–water partition coefficient (Wildman–Crippen LogP) is 4.76. The maximum absolute atomic E-state index is 13.0. The van der Waals surface area contributed by atoms with E-state index >= 15 is 0 Å². The van der Waals surface area contributed by atoms with E-state index in [9.17, 15) is 9.59 Å². The van der Waals surface area contributed by atoms with Crippen molar-refractivity contribution >= 4 is 28.7 Å². The lowest BCUT2D eigenvalue weighted by molar-refractivity contribution is 0.101. The van der Waals surface area contributed by atoms with Crippen molar-refractivity contribution in [3.05, 3.63) is 95.1 Å². The number of carbonyl (C=O) groups is 2. The molecule has 6 heteroatoms. The van der Waals surface area contributed by atoms with Gasteiger partial charge in [-0.3, -0.25) is 14.0 Å². The van der Waals surface area contributed by atoms with Crippen molar-refractivity contribution in [2.24, 2.45) is 0 Å². The highest BCUT2D eigenvalue weighted by Crippen LogP contribution is 2.21. The molecule has 0 unspecified atom stereocenters. The third kappa shape index (κ3) is 3.55. The summed E-state index contributed by atoms with van der Waals surface area (Å²) in [6.07, 6.45) is 1.73. The molecular weight excluding hydrogens is 376 g/mol. The summed E-state index contributed by atoms with van der Waals surface area (Å²) in [5.41, 5.74) is 5.22. The Hall–Kier alpha value is -3.93. The average molecular weight is 398 g/mol. The highest BCUT2D eigenvalue weighted by molar-refractivity contribution is 6.10. The van der Waals surface area contributed by atoms with Crippen LogP contribution in [0.15, 0.2) is 66.9 Å². The number of imidazole rings is 1. The normalized spacial score (nSPS) is 10.8. The largest absolute Gasteiger partial charge is 0.320 e. The summed E-state index contributed by atoms with van der Waals surface area (Å²) in [6, 6.07) is 18.6. The number of aryl methyl sites for hydroxylation is 2. The van der Waals surface area contributed by atoms with Crippen LogP contribution in [0.2, 0.25) is 0 Å². The molecular formula is C24H22N4O2. The van der Waals surface area contributed by atoms with Gasteiger partial charge in [0.25, 0.3) is 11.8 Å². The number of aromatic nitrogens is 2. The van der Waals surface area contributed by atoms with Crippen molar-refractivity contribution < 1.29 is 9.59 Å². The molecule has 0 atom stereocenters. The van der Waals surface area contributed by atoms with Gasteiger partial charge in [0.05, 0.1) is 5.52 Å². The van der Waals surface area contributed by atoms with E-state index in [0.717, 1.165) is 22.4 Å². The van der Waals surface area contributed by atoms with Crippen LogP contribution < -0.4 is 10.6 Å². The molecule has 6 nitrogen and oxygen atoms in total. The first-order chi connectivity index (χ1) is 14.5. The lowest BCUT2D eigenvalue weighted by atomic mass is 10.1. The lowest BCUT2D eigenvalue weighted by Crippen LogP contribution is -2.17. The highest BCUT2D eigenvalue weighted by atomic mass is 16.2. The second-order valence-corrected chi connectivity index (χ2v) is 7.21. The SMILES string of the molecule is Cc1ccccc1NC(=O)c1nc(C(=O)Nc2cccc(C)c2C)c2ccccn12. The van der Waals surface area contributed by atoms with Gasteiger partial charge in [-0.05, 0) is 61.7 Å². The zero-order valence-electron chi connectivity index (χ0n) is 17.1. The molecule has 0 spiro atoms. The molecule has 0 saturated heterocycles. The maximum atomic E-state index is 13.0. The third-order valence-corrected chi connectivity index (χ3v) is 5.21. The van der Waals surface area contributed by atoms with Gasteiger partial charge in [0, 0.05) is 17.6 Å².